The van der Waals surface area contributed by atoms with Crippen molar-refractivity contribution in [2.75, 3.05) is 0 Å². The topological polar surface area (TPSA) is 26.0 Å². The van der Waals surface area contributed by atoms with Crippen molar-refractivity contribution in [2.24, 2.45) is 5.73 Å². The third-order valence-electron chi connectivity index (χ3n) is 1.83. The van der Waals surface area contributed by atoms with Gasteiger partial charge in [0.05, 0.1) is 4.34 Å². The fourth-order valence-electron chi connectivity index (χ4n) is 1.25. The summed E-state index contributed by atoms with van der Waals surface area (Å²) in [6.07, 6.45) is 1.03. The highest BCUT2D eigenvalue weighted by Crippen LogP contribution is 2.32. The van der Waals surface area contributed by atoms with E-state index >= 15 is 0 Å². The molecular formula is C8H12ClNS. The van der Waals surface area contributed by atoms with Gasteiger partial charge in [-0.15, -0.1) is 11.3 Å². The van der Waals surface area contributed by atoms with Gasteiger partial charge in [0.25, 0.3) is 0 Å². The Hall–Kier alpha value is -0.0500. The Morgan fingerprint density at radius 2 is 2.09 bits per heavy atom. The second-order valence-electron chi connectivity index (χ2n) is 2.45. The zero-order valence-electron chi connectivity index (χ0n) is 6.78. The van der Waals surface area contributed by atoms with Crippen molar-refractivity contribution >= 4 is 22.9 Å². The second-order valence-corrected chi connectivity index (χ2v) is 4.27. The van der Waals surface area contributed by atoms with Crippen LogP contribution >= 0.6 is 22.9 Å². The van der Waals surface area contributed by atoms with Gasteiger partial charge in [0, 0.05) is 11.4 Å². The highest BCUT2D eigenvalue weighted by molar-refractivity contribution is 7.16. The standard InChI is InChI=1S/C8H12ClNS/c1-3-6-5(2)11-8(9)7(6)4-10/h3-4,10H2,1-2H3. The van der Waals surface area contributed by atoms with Crippen molar-refractivity contribution in [1.82, 2.24) is 0 Å². The van der Waals surface area contributed by atoms with Crippen LogP contribution in [0.15, 0.2) is 0 Å². The van der Waals surface area contributed by atoms with Gasteiger partial charge in [0.2, 0.25) is 0 Å². The molecule has 0 radical (unpaired) electrons. The van der Waals surface area contributed by atoms with Gasteiger partial charge in [-0.25, -0.2) is 0 Å². The van der Waals surface area contributed by atoms with Crippen LogP contribution in [0.4, 0.5) is 0 Å². The first-order valence-corrected chi connectivity index (χ1v) is 4.86. The first-order chi connectivity index (χ1) is 5.20. The van der Waals surface area contributed by atoms with Crippen molar-refractivity contribution in [2.45, 2.75) is 26.8 Å². The molecule has 0 bridgehead atoms. The van der Waals surface area contributed by atoms with Crippen molar-refractivity contribution in [3.63, 3.8) is 0 Å². The minimum atomic E-state index is 0.562. The molecule has 0 atom stereocenters. The van der Waals surface area contributed by atoms with E-state index in [-0.39, 0.29) is 0 Å². The van der Waals surface area contributed by atoms with E-state index in [1.54, 1.807) is 11.3 Å². The summed E-state index contributed by atoms with van der Waals surface area (Å²) in [5, 5.41) is 0. The first-order valence-electron chi connectivity index (χ1n) is 3.67. The summed E-state index contributed by atoms with van der Waals surface area (Å²) in [5.41, 5.74) is 8.03. The Morgan fingerprint density at radius 1 is 1.45 bits per heavy atom. The van der Waals surface area contributed by atoms with Gasteiger partial charge in [-0.2, -0.15) is 0 Å². The van der Waals surface area contributed by atoms with Crippen molar-refractivity contribution in [3.8, 4) is 0 Å². The zero-order valence-corrected chi connectivity index (χ0v) is 8.35. The van der Waals surface area contributed by atoms with Gasteiger partial charge < -0.3 is 5.73 Å². The number of nitrogens with two attached hydrogens (primary N) is 1. The van der Waals surface area contributed by atoms with Crippen LogP contribution in [0.25, 0.3) is 0 Å². The van der Waals surface area contributed by atoms with Crippen LogP contribution in [0.1, 0.15) is 22.9 Å². The van der Waals surface area contributed by atoms with E-state index in [1.807, 2.05) is 0 Å². The predicted molar refractivity (Wildman–Crippen MR) is 51.3 cm³/mol. The summed E-state index contributed by atoms with van der Waals surface area (Å²) in [5.74, 6) is 0. The lowest BCUT2D eigenvalue weighted by Gasteiger charge is -1.98. The highest BCUT2D eigenvalue weighted by Gasteiger charge is 2.10. The normalized spacial score (nSPS) is 10.5. The molecule has 0 fully saturated rings. The molecule has 1 rings (SSSR count). The van der Waals surface area contributed by atoms with Crippen LogP contribution in [0.3, 0.4) is 0 Å². The summed E-state index contributed by atoms with van der Waals surface area (Å²) in [7, 11) is 0. The molecule has 0 aliphatic rings. The molecule has 0 amide bonds. The second kappa shape index (κ2) is 3.57. The lowest BCUT2D eigenvalue weighted by molar-refractivity contribution is 1.01. The minimum Gasteiger partial charge on any atom is -0.326 e. The molecule has 0 aromatic carbocycles. The lowest BCUT2D eigenvalue weighted by atomic mass is 10.1. The van der Waals surface area contributed by atoms with Crippen molar-refractivity contribution in [3.05, 3.63) is 20.3 Å². The maximum absolute atomic E-state index is 5.97. The van der Waals surface area contributed by atoms with E-state index in [2.05, 4.69) is 13.8 Å². The summed E-state index contributed by atoms with van der Waals surface area (Å²) >= 11 is 7.60. The summed E-state index contributed by atoms with van der Waals surface area (Å²) in [6.45, 7) is 4.78. The summed E-state index contributed by atoms with van der Waals surface area (Å²) in [6, 6.07) is 0. The molecule has 0 saturated carbocycles. The number of aryl methyl sites for hydroxylation is 1. The number of thiophene rings is 1. The van der Waals surface area contributed by atoms with Crippen LogP contribution < -0.4 is 5.73 Å². The molecule has 0 unspecified atom stereocenters. The quantitative estimate of drug-likeness (QED) is 0.761. The van der Waals surface area contributed by atoms with Crippen LogP contribution in [-0.2, 0) is 13.0 Å². The number of halogens is 1. The molecule has 11 heavy (non-hydrogen) atoms. The monoisotopic (exact) mass is 189 g/mol. The maximum atomic E-state index is 5.97. The molecule has 1 aromatic heterocycles. The van der Waals surface area contributed by atoms with Crippen LogP contribution in [-0.4, -0.2) is 0 Å². The van der Waals surface area contributed by atoms with E-state index < -0.39 is 0 Å². The van der Waals surface area contributed by atoms with Crippen LogP contribution in [0, 0.1) is 6.92 Å². The lowest BCUT2D eigenvalue weighted by Crippen LogP contribution is -1.98. The average Bonchev–Trinajstić information content (AvgIpc) is 2.24. The molecule has 0 aliphatic carbocycles. The SMILES string of the molecule is CCc1c(C)sc(Cl)c1CN. The average molecular weight is 190 g/mol. The Labute approximate surface area is 76.2 Å². The van der Waals surface area contributed by atoms with Gasteiger partial charge >= 0.3 is 0 Å². The molecule has 1 aromatic rings. The zero-order chi connectivity index (χ0) is 8.43. The summed E-state index contributed by atoms with van der Waals surface area (Å²) < 4.78 is 0.863. The van der Waals surface area contributed by atoms with Gasteiger partial charge in [-0.3, -0.25) is 0 Å². The van der Waals surface area contributed by atoms with Crippen molar-refractivity contribution in [1.29, 1.82) is 0 Å². The molecule has 0 spiro atoms. The number of hydrogen-bond donors (Lipinski definition) is 1. The van der Waals surface area contributed by atoms with Crippen LogP contribution in [0.2, 0.25) is 4.34 Å². The molecule has 2 N–H and O–H groups in total. The minimum absolute atomic E-state index is 0.562. The van der Waals surface area contributed by atoms with E-state index in [4.69, 9.17) is 17.3 Å². The molecule has 1 heterocycles. The molecule has 3 heteroatoms. The third kappa shape index (κ3) is 1.58. The van der Waals surface area contributed by atoms with E-state index in [9.17, 15) is 0 Å². The largest absolute Gasteiger partial charge is 0.326 e. The van der Waals surface area contributed by atoms with Crippen LogP contribution in [0.5, 0.6) is 0 Å². The van der Waals surface area contributed by atoms with E-state index in [1.165, 1.54) is 10.4 Å². The fraction of sp³-hybridized carbons (Fsp3) is 0.500. The fourth-order valence-corrected chi connectivity index (χ4v) is 2.78. The molecule has 0 saturated heterocycles. The van der Waals surface area contributed by atoms with Gasteiger partial charge in [0.1, 0.15) is 0 Å². The van der Waals surface area contributed by atoms with Crippen molar-refractivity contribution < 1.29 is 0 Å². The Balaban J connectivity index is 3.17. The molecule has 62 valence electrons. The van der Waals surface area contributed by atoms with Gasteiger partial charge in [-0.1, -0.05) is 18.5 Å². The summed E-state index contributed by atoms with van der Waals surface area (Å²) in [4.78, 5) is 1.30. The Kier molecular flexibility index (Phi) is 2.93. The smallest absolute Gasteiger partial charge is 0.0978 e. The van der Waals surface area contributed by atoms with E-state index in [0.717, 1.165) is 16.3 Å². The number of hydrogen-bond acceptors (Lipinski definition) is 2. The van der Waals surface area contributed by atoms with Gasteiger partial charge in [-0.05, 0) is 24.5 Å². The van der Waals surface area contributed by atoms with E-state index in [0.29, 0.717) is 6.54 Å². The van der Waals surface area contributed by atoms with Gasteiger partial charge in [0.15, 0.2) is 0 Å². The maximum Gasteiger partial charge on any atom is 0.0978 e. The Bertz CT molecular complexity index is 230. The third-order valence-corrected chi connectivity index (χ3v) is 3.26. The highest BCUT2D eigenvalue weighted by atomic mass is 35.5. The first kappa shape index (κ1) is 9.04. The number of rotatable bonds is 2. The molecule has 0 aliphatic heterocycles. The molecule has 1 nitrogen and oxygen atoms in total. The molecular weight excluding hydrogens is 178 g/mol. The Morgan fingerprint density at radius 3 is 2.45 bits per heavy atom. The predicted octanol–water partition coefficient (Wildman–Crippen LogP) is 2.73.